The van der Waals surface area contributed by atoms with Gasteiger partial charge in [0, 0.05) is 28.9 Å². The zero-order chi connectivity index (χ0) is 18.6. The molecule has 0 fully saturated rings. The molecule has 0 amide bonds. The van der Waals surface area contributed by atoms with E-state index in [-0.39, 0.29) is 5.82 Å². The van der Waals surface area contributed by atoms with Gasteiger partial charge in [-0.25, -0.2) is 9.37 Å². The van der Waals surface area contributed by atoms with E-state index in [2.05, 4.69) is 16.4 Å². The number of aromatic nitrogens is 1. The molecule has 2 heterocycles. The number of fused-ring (bicyclic) bond motifs is 1. The van der Waals surface area contributed by atoms with Gasteiger partial charge in [-0.3, -0.25) is 0 Å². The van der Waals surface area contributed by atoms with Gasteiger partial charge in [-0.05, 0) is 36.4 Å². The van der Waals surface area contributed by atoms with Crippen LogP contribution in [0, 0.1) is 17.1 Å². The summed E-state index contributed by atoms with van der Waals surface area (Å²) in [4.78, 5) is 4.48. The largest absolute Gasteiger partial charge is 0.486 e. The summed E-state index contributed by atoms with van der Waals surface area (Å²) in [6.07, 6.45) is 1.61. The first-order valence-corrected chi connectivity index (χ1v) is 9.09. The quantitative estimate of drug-likeness (QED) is 0.666. The van der Waals surface area contributed by atoms with Crippen LogP contribution in [0.5, 0.6) is 11.5 Å². The van der Waals surface area contributed by atoms with Crippen LogP contribution in [0.2, 0.25) is 0 Å². The third-order valence-electron chi connectivity index (χ3n) is 3.92. The van der Waals surface area contributed by atoms with Crippen molar-refractivity contribution in [3.8, 4) is 28.8 Å². The molecule has 0 saturated carbocycles. The molecule has 1 aliphatic rings. The molecule has 0 spiro atoms. The van der Waals surface area contributed by atoms with Gasteiger partial charge in [0.25, 0.3) is 0 Å². The van der Waals surface area contributed by atoms with Gasteiger partial charge in [0.15, 0.2) is 11.5 Å². The number of rotatable bonds is 4. The summed E-state index contributed by atoms with van der Waals surface area (Å²) in [5.74, 6) is 1.08. The van der Waals surface area contributed by atoms with Crippen molar-refractivity contribution in [3.05, 3.63) is 64.9 Å². The number of thiazole rings is 1. The van der Waals surface area contributed by atoms with Crippen LogP contribution in [0.3, 0.4) is 0 Å². The van der Waals surface area contributed by atoms with Crippen molar-refractivity contribution >= 4 is 22.6 Å². The van der Waals surface area contributed by atoms with Gasteiger partial charge in [-0.15, -0.1) is 11.3 Å². The Balaban J connectivity index is 1.54. The number of nitriles is 1. The molecule has 2 aromatic carbocycles. The Morgan fingerprint density at radius 1 is 1.15 bits per heavy atom. The maximum absolute atomic E-state index is 13.1. The van der Waals surface area contributed by atoms with Gasteiger partial charge in [0.05, 0.1) is 5.69 Å². The van der Waals surface area contributed by atoms with Gasteiger partial charge in [-0.1, -0.05) is 0 Å². The second kappa shape index (κ2) is 7.48. The van der Waals surface area contributed by atoms with Crippen LogP contribution < -0.4 is 14.8 Å². The maximum Gasteiger partial charge on any atom is 0.163 e. The first-order chi connectivity index (χ1) is 13.2. The summed E-state index contributed by atoms with van der Waals surface area (Å²) < 4.78 is 24.1. The van der Waals surface area contributed by atoms with Crippen LogP contribution in [-0.4, -0.2) is 18.2 Å². The lowest BCUT2D eigenvalue weighted by Gasteiger charge is -2.18. The highest BCUT2D eigenvalue weighted by Gasteiger charge is 2.12. The summed E-state index contributed by atoms with van der Waals surface area (Å²) in [6, 6.07) is 13.8. The minimum atomic E-state index is -0.296. The number of benzene rings is 2. The summed E-state index contributed by atoms with van der Waals surface area (Å²) in [5.41, 5.74) is 2.69. The number of halogens is 1. The number of allylic oxidation sites excluding steroid dienone is 1. The molecule has 7 heteroatoms. The molecule has 0 atom stereocenters. The van der Waals surface area contributed by atoms with Gasteiger partial charge in [0.2, 0.25) is 0 Å². The molecule has 1 aliphatic heterocycles. The molecule has 1 aromatic heterocycles. The lowest BCUT2D eigenvalue weighted by molar-refractivity contribution is 0.171. The third-order valence-corrected chi connectivity index (χ3v) is 4.80. The van der Waals surface area contributed by atoms with E-state index in [4.69, 9.17) is 9.47 Å². The van der Waals surface area contributed by atoms with E-state index in [0.717, 1.165) is 11.3 Å². The number of hydrogen-bond donors (Lipinski definition) is 1. The Kier molecular flexibility index (Phi) is 4.73. The van der Waals surface area contributed by atoms with Crippen LogP contribution >= 0.6 is 11.3 Å². The molecule has 4 rings (SSSR count). The van der Waals surface area contributed by atoms with Crippen molar-refractivity contribution in [2.45, 2.75) is 0 Å². The van der Waals surface area contributed by atoms with E-state index in [0.29, 0.717) is 41.0 Å². The topological polar surface area (TPSA) is 67.2 Å². The second-order valence-corrected chi connectivity index (χ2v) is 6.58. The SMILES string of the molecule is N#C/C(=C\Nc1ccc2c(c1)OCCO2)c1nc(-c2ccc(F)cc2)cs1. The molecule has 0 aliphatic carbocycles. The van der Waals surface area contributed by atoms with Crippen LogP contribution in [0.1, 0.15) is 5.01 Å². The lowest BCUT2D eigenvalue weighted by atomic mass is 10.2. The highest BCUT2D eigenvalue weighted by atomic mass is 32.1. The third kappa shape index (κ3) is 3.76. The summed E-state index contributed by atoms with van der Waals surface area (Å²) in [6.45, 7) is 1.06. The standard InChI is InChI=1S/C20H14FN3O2S/c21-15-3-1-13(2-4-15)17-12-27-20(24-17)14(10-22)11-23-16-5-6-18-19(9-16)26-8-7-25-18/h1-6,9,11-12,23H,7-8H2/b14-11+. The van der Waals surface area contributed by atoms with Crippen molar-refractivity contribution in [1.82, 2.24) is 4.98 Å². The van der Waals surface area contributed by atoms with Crippen molar-refractivity contribution in [1.29, 1.82) is 5.26 Å². The van der Waals surface area contributed by atoms with E-state index in [1.807, 2.05) is 23.6 Å². The van der Waals surface area contributed by atoms with Crippen molar-refractivity contribution in [2.75, 3.05) is 18.5 Å². The van der Waals surface area contributed by atoms with Crippen molar-refractivity contribution in [3.63, 3.8) is 0 Å². The predicted octanol–water partition coefficient (Wildman–Crippen LogP) is 4.70. The zero-order valence-electron chi connectivity index (χ0n) is 14.1. The second-order valence-electron chi connectivity index (χ2n) is 5.72. The van der Waals surface area contributed by atoms with Crippen LogP contribution in [0.4, 0.5) is 10.1 Å². The number of nitrogens with zero attached hydrogens (tertiary/aromatic N) is 2. The summed E-state index contributed by atoms with van der Waals surface area (Å²) in [7, 11) is 0. The average molecular weight is 379 g/mol. The Morgan fingerprint density at radius 2 is 1.93 bits per heavy atom. The van der Waals surface area contributed by atoms with Gasteiger partial charge < -0.3 is 14.8 Å². The van der Waals surface area contributed by atoms with Crippen LogP contribution in [0.15, 0.2) is 54.0 Å². The Labute approximate surface area is 159 Å². The smallest absolute Gasteiger partial charge is 0.163 e. The minimum Gasteiger partial charge on any atom is -0.486 e. The first kappa shape index (κ1) is 17.1. The molecule has 0 unspecified atom stereocenters. The number of anilines is 1. The Morgan fingerprint density at radius 3 is 2.70 bits per heavy atom. The first-order valence-electron chi connectivity index (χ1n) is 8.21. The number of nitrogens with one attached hydrogen (secondary N) is 1. The summed E-state index contributed by atoms with van der Waals surface area (Å²) in [5, 5.41) is 15.0. The van der Waals surface area contributed by atoms with E-state index in [1.54, 1.807) is 18.3 Å². The van der Waals surface area contributed by atoms with Gasteiger partial charge >= 0.3 is 0 Å². The fraction of sp³-hybridized carbons (Fsp3) is 0.100. The number of ether oxygens (including phenoxy) is 2. The van der Waals surface area contributed by atoms with E-state index in [1.165, 1.54) is 23.5 Å². The average Bonchev–Trinajstić information content (AvgIpc) is 3.19. The normalized spacial score (nSPS) is 13.1. The fourth-order valence-electron chi connectivity index (χ4n) is 2.58. The van der Waals surface area contributed by atoms with Crippen molar-refractivity contribution < 1.29 is 13.9 Å². The van der Waals surface area contributed by atoms with Gasteiger partial charge in [-0.2, -0.15) is 5.26 Å². The molecule has 134 valence electrons. The fourth-order valence-corrected chi connectivity index (χ4v) is 3.38. The predicted molar refractivity (Wildman–Crippen MR) is 102 cm³/mol. The van der Waals surface area contributed by atoms with Gasteiger partial charge in [0.1, 0.15) is 35.7 Å². The molecule has 0 bridgehead atoms. The zero-order valence-corrected chi connectivity index (χ0v) is 14.9. The molecule has 0 saturated heterocycles. The van der Waals surface area contributed by atoms with Crippen LogP contribution in [-0.2, 0) is 0 Å². The highest BCUT2D eigenvalue weighted by Crippen LogP contribution is 2.33. The Bertz CT molecular complexity index is 1040. The molecule has 3 aromatic rings. The van der Waals surface area contributed by atoms with Crippen molar-refractivity contribution in [2.24, 2.45) is 0 Å². The maximum atomic E-state index is 13.1. The number of hydrogen-bond acceptors (Lipinski definition) is 6. The van der Waals surface area contributed by atoms with E-state index >= 15 is 0 Å². The van der Waals surface area contributed by atoms with Crippen LogP contribution in [0.25, 0.3) is 16.8 Å². The minimum absolute atomic E-state index is 0.296. The highest BCUT2D eigenvalue weighted by molar-refractivity contribution is 7.11. The monoisotopic (exact) mass is 379 g/mol. The molecule has 27 heavy (non-hydrogen) atoms. The molecule has 5 nitrogen and oxygen atoms in total. The summed E-state index contributed by atoms with van der Waals surface area (Å²) >= 11 is 1.36. The van der Waals surface area contributed by atoms with E-state index < -0.39 is 0 Å². The lowest BCUT2D eigenvalue weighted by Crippen LogP contribution is -2.15. The van der Waals surface area contributed by atoms with E-state index in [9.17, 15) is 9.65 Å². The molecule has 1 N–H and O–H groups in total. The Hall–Kier alpha value is -3.37. The molecular weight excluding hydrogens is 365 g/mol. The molecular formula is C20H14FN3O2S. The molecule has 0 radical (unpaired) electrons.